The average Bonchev–Trinajstić information content (AvgIpc) is 3.36. The van der Waals surface area contributed by atoms with Gasteiger partial charge < -0.3 is 10.1 Å². The molecule has 1 N–H and O–H groups in total. The first-order chi connectivity index (χ1) is 13.8. The molecule has 7 heteroatoms. The molecule has 4 rings (SSSR count). The van der Waals surface area contributed by atoms with E-state index in [0.717, 1.165) is 35.3 Å². The molecule has 0 unspecified atom stereocenters. The summed E-state index contributed by atoms with van der Waals surface area (Å²) < 4.78 is 5.12. The van der Waals surface area contributed by atoms with Crippen LogP contribution in [0.3, 0.4) is 0 Å². The summed E-state index contributed by atoms with van der Waals surface area (Å²) >= 11 is 0. The number of anilines is 1. The van der Waals surface area contributed by atoms with E-state index in [1.807, 2.05) is 32.0 Å². The van der Waals surface area contributed by atoms with Crippen molar-refractivity contribution in [3.8, 4) is 0 Å². The standard InChI is InChI=1S/C22H26N2O5/c1-11-5-4-6-12(2)19(11)23-16(25)10-29-22(28)13(3)24-20(26)17-14-7-8-15(9-14)18(17)21(24)27/h4-6,13-15,17-18H,7-10H2,1-3H3,(H,23,25)/t13-,14+,15+,17-,18+/m1/s1. The van der Waals surface area contributed by atoms with Gasteiger partial charge >= 0.3 is 5.97 Å². The van der Waals surface area contributed by atoms with Gasteiger partial charge in [-0.3, -0.25) is 19.3 Å². The third-order valence-electron chi connectivity index (χ3n) is 6.78. The number of benzene rings is 1. The molecular formula is C22H26N2O5. The van der Waals surface area contributed by atoms with Crippen molar-refractivity contribution < 1.29 is 23.9 Å². The molecule has 1 heterocycles. The van der Waals surface area contributed by atoms with Crippen molar-refractivity contribution in [1.29, 1.82) is 0 Å². The molecule has 3 fully saturated rings. The maximum atomic E-state index is 12.8. The van der Waals surface area contributed by atoms with Crippen molar-refractivity contribution >= 4 is 29.4 Å². The second-order valence-corrected chi connectivity index (χ2v) is 8.53. The van der Waals surface area contributed by atoms with Crippen molar-refractivity contribution in [2.75, 3.05) is 11.9 Å². The van der Waals surface area contributed by atoms with E-state index in [1.54, 1.807) is 0 Å². The summed E-state index contributed by atoms with van der Waals surface area (Å²) in [6.45, 7) is 4.78. The Hall–Kier alpha value is -2.70. The molecule has 5 atom stereocenters. The first-order valence-corrected chi connectivity index (χ1v) is 10.2. The molecule has 2 bridgehead atoms. The first kappa shape index (κ1) is 19.6. The van der Waals surface area contributed by atoms with Gasteiger partial charge in [0, 0.05) is 5.69 Å². The Morgan fingerprint density at radius 2 is 1.66 bits per heavy atom. The van der Waals surface area contributed by atoms with E-state index in [4.69, 9.17) is 4.74 Å². The van der Waals surface area contributed by atoms with Gasteiger partial charge in [0.15, 0.2) is 6.61 Å². The number of aryl methyl sites for hydroxylation is 2. The monoisotopic (exact) mass is 398 g/mol. The van der Waals surface area contributed by atoms with Crippen molar-refractivity contribution in [2.45, 2.75) is 46.1 Å². The second kappa shape index (κ2) is 7.28. The molecular weight excluding hydrogens is 372 g/mol. The number of likely N-dealkylation sites (tertiary alicyclic amines) is 1. The van der Waals surface area contributed by atoms with Gasteiger partial charge in [-0.25, -0.2) is 4.79 Å². The zero-order valence-electron chi connectivity index (χ0n) is 16.9. The van der Waals surface area contributed by atoms with Gasteiger partial charge in [0.05, 0.1) is 11.8 Å². The van der Waals surface area contributed by atoms with Gasteiger partial charge in [0.1, 0.15) is 6.04 Å². The minimum atomic E-state index is -1.02. The van der Waals surface area contributed by atoms with E-state index in [1.165, 1.54) is 6.92 Å². The highest BCUT2D eigenvalue weighted by molar-refractivity contribution is 6.08. The normalized spacial score (nSPS) is 28.4. The predicted molar refractivity (Wildman–Crippen MR) is 105 cm³/mol. The molecule has 1 aromatic carbocycles. The van der Waals surface area contributed by atoms with Crippen LogP contribution in [0.4, 0.5) is 5.69 Å². The maximum absolute atomic E-state index is 12.8. The van der Waals surface area contributed by atoms with Crippen molar-refractivity contribution in [3.05, 3.63) is 29.3 Å². The lowest BCUT2D eigenvalue weighted by Gasteiger charge is -2.23. The van der Waals surface area contributed by atoms with Crippen LogP contribution in [0, 0.1) is 37.5 Å². The third kappa shape index (κ3) is 3.22. The Bertz CT molecular complexity index is 847. The lowest BCUT2D eigenvalue weighted by atomic mass is 9.81. The predicted octanol–water partition coefficient (Wildman–Crippen LogP) is 2.20. The maximum Gasteiger partial charge on any atom is 0.329 e. The van der Waals surface area contributed by atoms with Gasteiger partial charge in [0.25, 0.3) is 5.91 Å². The molecule has 0 radical (unpaired) electrons. The SMILES string of the molecule is Cc1cccc(C)c1NC(=O)COC(=O)[C@@H](C)N1C(=O)[C@@H]2[C@H]3CC[C@@H](C3)[C@@H]2C1=O. The fourth-order valence-corrected chi connectivity index (χ4v) is 5.36. The zero-order valence-corrected chi connectivity index (χ0v) is 16.9. The number of ether oxygens (including phenoxy) is 1. The van der Waals surface area contributed by atoms with Crippen LogP contribution in [0.25, 0.3) is 0 Å². The van der Waals surface area contributed by atoms with E-state index >= 15 is 0 Å². The number of carbonyl (C=O) groups is 4. The fraction of sp³-hybridized carbons (Fsp3) is 0.545. The van der Waals surface area contributed by atoms with Crippen LogP contribution in [-0.2, 0) is 23.9 Å². The molecule has 2 aliphatic carbocycles. The highest BCUT2D eigenvalue weighted by atomic mass is 16.5. The van der Waals surface area contributed by atoms with Crippen LogP contribution in [0.1, 0.15) is 37.3 Å². The number of esters is 1. The van der Waals surface area contributed by atoms with Gasteiger partial charge in [-0.05, 0) is 63.0 Å². The average molecular weight is 398 g/mol. The van der Waals surface area contributed by atoms with Crippen molar-refractivity contribution in [1.82, 2.24) is 4.90 Å². The summed E-state index contributed by atoms with van der Waals surface area (Å²) in [7, 11) is 0. The molecule has 7 nitrogen and oxygen atoms in total. The highest BCUT2D eigenvalue weighted by Gasteiger charge is 2.62. The third-order valence-corrected chi connectivity index (χ3v) is 6.78. The van der Waals surface area contributed by atoms with E-state index in [0.29, 0.717) is 5.69 Å². The topological polar surface area (TPSA) is 92.8 Å². The highest BCUT2D eigenvalue weighted by Crippen LogP contribution is 2.56. The van der Waals surface area contributed by atoms with Crippen LogP contribution in [0.2, 0.25) is 0 Å². The fourth-order valence-electron chi connectivity index (χ4n) is 5.36. The van der Waals surface area contributed by atoms with Crippen LogP contribution in [-0.4, -0.2) is 41.2 Å². The number of amides is 3. The minimum absolute atomic E-state index is 0.253. The molecule has 3 amide bonds. The van der Waals surface area contributed by atoms with Gasteiger partial charge in [-0.2, -0.15) is 0 Å². The van der Waals surface area contributed by atoms with Crippen LogP contribution in [0.5, 0.6) is 0 Å². The zero-order chi connectivity index (χ0) is 20.9. The summed E-state index contributed by atoms with van der Waals surface area (Å²) in [4.78, 5) is 51.4. The Morgan fingerprint density at radius 3 is 2.21 bits per heavy atom. The minimum Gasteiger partial charge on any atom is -0.454 e. The Kier molecular flexibility index (Phi) is 4.92. The van der Waals surface area contributed by atoms with Gasteiger partial charge in [-0.15, -0.1) is 0 Å². The molecule has 1 aliphatic heterocycles. The van der Waals surface area contributed by atoms with E-state index in [2.05, 4.69) is 5.32 Å². The molecule has 0 aromatic heterocycles. The Balaban J connectivity index is 1.36. The molecule has 3 aliphatic rings. The first-order valence-electron chi connectivity index (χ1n) is 10.2. The van der Waals surface area contributed by atoms with Crippen molar-refractivity contribution in [2.24, 2.45) is 23.7 Å². The molecule has 154 valence electrons. The molecule has 29 heavy (non-hydrogen) atoms. The number of nitrogens with one attached hydrogen (secondary N) is 1. The van der Waals surface area contributed by atoms with Crippen LogP contribution >= 0.6 is 0 Å². The molecule has 0 spiro atoms. The number of rotatable bonds is 5. The summed E-state index contributed by atoms with van der Waals surface area (Å²) in [5.74, 6) is -1.73. The largest absolute Gasteiger partial charge is 0.454 e. The van der Waals surface area contributed by atoms with E-state index in [9.17, 15) is 19.2 Å². The number of imide groups is 1. The van der Waals surface area contributed by atoms with E-state index < -0.39 is 24.5 Å². The molecule has 1 aromatic rings. The number of hydrogen-bond acceptors (Lipinski definition) is 5. The second-order valence-electron chi connectivity index (χ2n) is 8.53. The Morgan fingerprint density at radius 1 is 1.10 bits per heavy atom. The summed E-state index contributed by atoms with van der Waals surface area (Å²) in [6.07, 6.45) is 2.91. The van der Waals surface area contributed by atoms with Gasteiger partial charge in [0.2, 0.25) is 11.8 Å². The number of fused-ring (bicyclic) bond motifs is 5. The van der Waals surface area contributed by atoms with Crippen molar-refractivity contribution in [3.63, 3.8) is 0 Å². The smallest absolute Gasteiger partial charge is 0.329 e. The number of para-hydroxylation sites is 1. The summed E-state index contributed by atoms with van der Waals surface area (Å²) in [6, 6.07) is 4.64. The number of carbonyl (C=O) groups excluding carboxylic acids is 4. The summed E-state index contributed by atoms with van der Waals surface area (Å²) in [5.41, 5.74) is 2.51. The van der Waals surface area contributed by atoms with Crippen LogP contribution < -0.4 is 5.32 Å². The van der Waals surface area contributed by atoms with Crippen LogP contribution in [0.15, 0.2) is 18.2 Å². The number of hydrogen-bond donors (Lipinski definition) is 1. The quantitative estimate of drug-likeness (QED) is 0.606. The van der Waals surface area contributed by atoms with E-state index in [-0.39, 0.29) is 35.5 Å². The Labute approximate surface area is 169 Å². The number of nitrogens with zero attached hydrogens (tertiary/aromatic N) is 1. The lowest BCUT2D eigenvalue weighted by molar-refractivity contribution is -0.159. The molecule has 1 saturated heterocycles. The van der Waals surface area contributed by atoms with Gasteiger partial charge in [-0.1, -0.05) is 18.2 Å². The lowest BCUT2D eigenvalue weighted by Crippen LogP contribution is -2.45. The summed E-state index contributed by atoms with van der Waals surface area (Å²) in [5, 5.41) is 2.75. The molecule has 2 saturated carbocycles.